The second-order valence-electron chi connectivity index (χ2n) is 7.95. The number of aromatic nitrogens is 1. The molecule has 4 rings (SSSR count). The van der Waals surface area contributed by atoms with Gasteiger partial charge in [-0.05, 0) is 49.2 Å². The van der Waals surface area contributed by atoms with Crippen molar-refractivity contribution >= 4 is 22.8 Å². The Bertz CT molecular complexity index is 1090. The van der Waals surface area contributed by atoms with E-state index in [0.29, 0.717) is 27.7 Å². The summed E-state index contributed by atoms with van der Waals surface area (Å²) >= 11 is 0. The largest absolute Gasteiger partial charge is 0.452 e. The minimum atomic E-state index is -0.577. The lowest BCUT2D eigenvalue weighted by molar-refractivity contribution is -0.135. The second-order valence-corrected chi connectivity index (χ2v) is 7.95. The molecule has 0 atom stereocenters. The Kier molecular flexibility index (Phi) is 6.26. The highest BCUT2D eigenvalue weighted by molar-refractivity contribution is 6.05. The number of esters is 1. The number of rotatable bonds is 5. The number of pyridine rings is 1. The molecule has 0 aliphatic heterocycles. The summed E-state index contributed by atoms with van der Waals surface area (Å²) in [5.41, 5.74) is 2.19. The number of halogens is 1. The van der Waals surface area contributed by atoms with Crippen molar-refractivity contribution in [3.05, 3.63) is 66.0 Å². The molecular weight excluding hydrogens is 395 g/mol. The molecule has 5 nitrogen and oxygen atoms in total. The fourth-order valence-corrected chi connectivity index (χ4v) is 4.09. The van der Waals surface area contributed by atoms with Crippen molar-refractivity contribution in [3.8, 4) is 11.3 Å². The van der Waals surface area contributed by atoms with E-state index in [2.05, 4.69) is 4.98 Å². The number of ether oxygens (including phenoxy) is 1. The third-order valence-electron chi connectivity index (χ3n) is 5.92. The summed E-state index contributed by atoms with van der Waals surface area (Å²) in [7, 11) is 1.78. The maximum absolute atomic E-state index is 13.3. The van der Waals surface area contributed by atoms with Gasteiger partial charge in [0, 0.05) is 24.0 Å². The Hall–Kier alpha value is -3.28. The van der Waals surface area contributed by atoms with Crippen LogP contribution in [0, 0.1) is 5.82 Å². The van der Waals surface area contributed by atoms with Crippen molar-refractivity contribution in [3.63, 3.8) is 0 Å². The lowest BCUT2D eigenvalue weighted by Crippen LogP contribution is -2.40. The average molecular weight is 420 g/mol. The number of carbonyl (C=O) groups excluding carboxylic acids is 2. The highest BCUT2D eigenvalue weighted by atomic mass is 19.1. The van der Waals surface area contributed by atoms with Gasteiger partial charge in [0.05, 0.1) is 16.8 Å². The van der Waals surface area contributed by atoms with Gasteiger partial charge in [0.25, 0.3) is 5.91 Å². The van der Waals surface area contributed by atoms with Crippen molar-refractivity contribution in [2.24, 2.45) is 0 Å². The Morgan fingerprint density at radius 1 is 1.06 bits per heavy atom. The van der Waals surface area contributed by atoms with Crippen LogP contribution < -0.4 is 0 Å². The van der Waals surface area contributed by atoms with E-state index in [4.69, 9.17) is 4.74 Å². The summed E-state index contributed by atoms with van der Waals surface area (Å²) in [4.78, 5) is 31.8. The Balaban J connectivity index is 1.55. The molecule has 1 saturated carbocycles. The van der Waals surface area contributed by atoms with Gasteiger partial charge < -0.3 is 9.64 Å². The molecule has 1 aliphatic rings. The van der Waals surface area contributed by atoms with E-state index in [0.717, 1.165) is 25.7 Å². The lowest BCUT2D eigenvalue weighted by Gasteiger charge is -2.31. The fraction of sp³-hybridized carbons (Fsp3) is 0.320. The Morgan fingerprint density at radius 2 is 1.77 bits per heavy atom. The zero-order valence-electron chi connectivity index (χ0n) is 17.5. The first-order chi connectivity index (χ1) is 15.0. The van der Waals surface area contributed by atoms with Crippen LogP contribution in [0.1, 0.15) is 42.5 Å². The zero-order valence-corrected chi connectivity index (χ0v) is 17.5. The molecule has 31 heavy (non-hydrogen) atoms. The standard InChI is InChI=1S/C25H25FN2O3/c1-28(19-7-3-2-4-8-19)24(29)16-31-25(30)21-15-23(17-11-13-18(26)14-12-17)27-22-10-6-5-9-20(21)22/h5-6,9-15,19H,2-4,7-8,16H2,1H3. The number of fused-ring (bicyclic) bond motifs is 1. The van der Waals surface area contributed by atoms with Crippen molar-refractivity contribution in [2.45, 2.75) is 38.1 Å². The Labute approximate surface area is 180 Å². The van der Waals surface area contributed by atoms with Gasteiger partial charge in [-0.1, -0.05) is 37.5 Å². The number of benzene rings is 2. The van der Waals surface area contributed by atoms with Crippen LogP contribution in [0.5, 0.6) is 0 Å². The molecule has 0 spiro atoms. The molecule has 0 saturated heterocycles. The van der Waals surface area contributed by atoms with Crippen molar-refractivity contribution in [1.29, 1.82) is 0 Å². The van der Waals surface area contributed by atoms with Gasteiger partial charge >= 0.3 is 5.97 Å². The molecule has 0 bridgehead atoms. The van der Waals surface area contributed by atoms with E-state index in [1.807, 2.05) is 12.1 Å². The monoisotopic (exact) mass is 420 g/mol. The Morgan fingerprint density at radius 3 is 2.52 bits per heavy atom. The van der Waals surface area contributed by atoms with Crippen molar-refractivity contribution in [1.82, 2.24) is 9.88 Å². The zero-order chi connectivity index (χ0) is 21.8. The third kappa shape index (κ3) is 4.74. The second kappa shape index (κ2) is 9.25. The van der Waals surface area contributed by atoms with Crippen LogP contribution in [0.15, 0.2) is 54.6 Å². The molecule has 0 unspecified atom stereocenters. The van der Waals surface area contributed by atoms with Crippen LogP contribution in [-0.4, -0.2) is 41.5 Å². The summed E-state index contributed by atoms with van der Waals surface area (Å²) in [5, 5.41) is 0.645. The normalized spacial score (nSPS) is 14.4. The van der Waals surface area contributed by atoms with Gasteiger partial charge in [0.1, 0.15) is 5.82 Å². The maximum atomic E-state index is 13.3. The third-order valence-corrected chi connectivity index (χ3v) is 5.92. The smallest absolute Gasteiger partial charge is 0.339 e. The first-order valence-electron chi connectivity index (χ1n) is 10.6. The average Bonchev–Trinajstić information content (AvgIpc) is 2.82. The SMILES string of the molecule is CN(C(=O)COC(=O)c1cc(-c2ccc(F)cc2)nc2ccccc12)C1CCCCC1. The van der Waals surface area contributed by atoms with Crippen LogP contribution in [0.25, 0.3) is 22.2 Å². The summed E-state index contributed by atoms with van der Waals surface area (Å²) < 4.78 is 18.7. The summed E-state index contributed by atoms with van der Waals surface area (Å²) in [6, 6.07) is 15.0. The molecule has 0 radical (unpaired) electrons. The summed E-state index contributed by atoms with van der Waals surface area (Å²) in [6.45, 7) is -0.297. The number of nitrogens with zero attached hydrogens (tertiary/aromatic N) is 2. The highest BCUT2D eigenvalue weighted by Gasteiger charge is 2.23. The quantitative estimate of drug-likeness (QED) is 0.546. The van der Waals surface area contributed by atoms with E-state index in [9.17, 15) is 14.0 Å². The molecule has 1 aliphatic carbocycles. The van der Waals surface area contributed by atoms with Crippen LogP contribution >= 0.6 is 0 Å². The molecule has 1 amide bonds. The molecule has 6 heteroatoms. The number of likely N-dealkylation sites (N-methyl/N-ethyl adjacent to an activating group) is 1. The van der Waals surface area contributed by atoms with Gasteiger partial charge in [-0.3, -0.25) is 4.79 Å². The number of amides is 1. The number of hydrogen-bond donors (Lipinski definition) is 0. The van der Waals surface area contributed by atoms with Gasteiger partial charge in [0.15, 0.2) is 6.61 Å². The predicted molar refractivity (Wildman–Crippen MR) is 117 cm³/mol. The molecule has 2 aromatic carbocycles. The lowest BCUT2D eigenvalue weighted by atomic mass is 9.94. The molecule has 1 fully saturated rings. The molecule has 1 aromatic heterocycles. The maximum Gasteiger partial charge on any atom is 0.339 e. The summed E-state index contributed by atoms with van der Waals surface area (Å²) in [5.74, 6) is -1.12. The van der Waals surface area contributed by atoms with Gasteiger partial charge in [-0.15, -0.1) is 0 Å². The number of carbonyl (C=O) groups is 2. The van der Waals surface area contributed by atoms with E-state index < -0.39 is 5.97 Å². The van der Waals surface area contributed by atoms with Crippen molar-refractivity contribution < 1.29 is 18.7 Å². The first-order valence-corrected chi connectivity index (χ1v) is 10.6. The molecule has 0 N–H and O–H groups in total. The minimum Gasteiger partial charge on any atom is -0.452 e. The topological polar surface area (TPSA) is 59.5 Å². The van der Waals surface area contributed by atoms with Gasteiger partial charge in [-0.2, -0.15) is 0 Å². The van der Waals surface area contributed by atoms with Crippen LogP contribution in [0.3, 0.4) is 0 Å². The minimum absolute atomic E-state index is 0.197. The predicted octanol–water partition coefficient (Wildman–Crippen LogP) is 4.99. The first kappa shape index (κ1) is 21.0. The summed E-state index contributed by atoms with van der Waals surface area (Å²) in [6.07, 6.45) is 5.44. The van der Waals surface area contributed by atoms with E-state index in [-0.39, 0.29) is 24.4 Å². The van der Waals surface area contributed by atoms with Crippen LogP contribution in [-0.2, 0) is 9.53 Å². The number of hydrogen-bond acceptors (Lipinski definition) is 4. The molecule has 3 aromatic rings. The van der Waals surface area contributed by atoms with Crippen LogP contribution in [0.4, 0.5) is 4.39 Å². The van der Waals surface area contributed by atoms with Gasteiger partial charge in [0.2, 0.25) is 0 Å². The molecular formula is C25H25FN2O3. The molecule has 1 heterocycles. The van der Waals surface area contributed by atoms with E-state index in [1.54, 1.807) is 42.3 Å². The van der Waals surface area contributed by atoms with E-state index >= 15 is 0 Å². The van der Waals surface area contributed by atoms with Crippen LogP contribution in [0.2, 0.25) is 0 Å². The van der Waals surface area contributed by atoms with Gasteiger partial charge in [-0.25, -0.2) is 14.2 Å². The number of para-hydroxylation sites is 1. The van der Waals surface area contributed by atoms with Crippen molar-refractivity contribution in [2.75, 3.05) is 13.7 Å². The van der Waals surface area contributed by atoms with E-state index in [1.165, 1.54) is 18.6 Å². The fourth-order valence-electron chi connectivity index (χ4n) is 4.09. The highest BCUT2D eigenvalue weighted by Crippen LogP contribution is 2.26. The molecule has 160 valence electrons.